The smallest absolute Gasteiger partial charge is 0.106 e. The van der Waals surface area contributed by atoms with E-state index in [0.717, 1.165) is 20.9 Å². The molecule has 1 rings (SSSR count). The minimum Gasteiger partial charge on any atom is -0.315 e. The summed E-state index contributed by atoms with van der Waals surface area (Å²) in [5, 5.41) is 7.57. The Kier molecular flexibility index (Phi) is 0.231. The van der Waals surface area contributed by atoms with Gasteiger partial charge in [-0.3, -0.25) is 0 Å². The van der Waals surface area contributed by atoms with E-state index in [1.54, 1.807) is 0 Å². The third kappa shape index (κ3) is 0.178. The molecule has 0 aromatic heterocycles. The summed E-state index contributed by atoms with van der Waals surface area (Å²) in [7, 11) is 0.890. The van der Waals surface area contributed by atoms with E-state index in [9.17, 15) is 0 Å². The third-order valence-corrected chi connectivity index (χ3v) is 1.06. The van der Waals surface area contributed by atoms with Crippen LogP contribution in [-0.4, -0.2) is 14.9 Å². The normalized spacial score (nSPS) is 21.5. The minimum absolute atomic E-state index is 0.890. The predicted molar refractivity (Wildman–Crippen MR) is 18.3 cm³/mol. The topological polar surface area (TPSA) is 23.9 Å². The van der Waals surface area contributed by atoms with Gasteiger partial charge in [0.05, 0.1) is 0 Å². The van der Waals surface area contributed by atoms with Gasteiger partial charge in [0, 0.05) is 0 Å². The van der Waals surface area contributed by atoms with Gasteiger partial charge in [-0.2, -0.15) is 0 Å². The number of hydrogen-bond donors (Lipinski definition) is 1. The van der Waals surface area contributed by atoms with E-state index in [1.807, 2.05) is 0 Å². The largest absolute Gasteiger partial charge is 0.315 e. The molecular weight excluding hydrogens is 66.1 g/mol. The van der Waals surface area contributed by atoms with Crippen LogP contribution >= 0.6 is 0 Å². The SMILES string of the molecule is N=C1C[Si]1. The zero-order valence-corrected chi connectivity index (χ0v) is 3.21. The van der Waals surface area contributed by atoms with Gasteiger partial charge in [-0.15, -0.1) is 0 Å². The highest BCUT2D eigenvalue weighted by Crippen LogP contribution is 1.96. The van der Waals surface area contributed by atoms with Crippen LogP contribution in [0.15, 0.2) is 0 Å². The van der Waals surface area contributed by atoms with Crippen molar-refractivity contribution >= 4 is 14.9 Å². The molecule has 0 aromatic rings. The first-order valence-electron chi connectivity index (χ1n) is 1.21. The van der Waals surface area contributed by atoms with Crippen LogP contribution in [0.2, 0.25) is 6.04 Å². The molecule has 0 aliphatic carbocycles. The van der Waals surface area contributed by atoms with Crippen molar-refractivity contribution in [3.8, 4) is 0 Å². The Morgan fingerprint density at radius 2 is 2.25 bits per heavy atom. The van der Waals surface area contributed by atoms with Gasteiger partial charge in [0.2, 0.25) is 0 Å². The van der Waals surface area contributed by atoms with E-state index in [2.05, 4.69) is 0 Å². The summed E-state index contributed by atoms with van der Waals surface area (Å²) in [5.41, 5.74) is 0. The van der Waals surface area contributed by atoms with Crippen LogP contribution in [0.25, 0.3) is 0 Å². The summed E-state index contributed by atoms with van der Waals surface area (Å²) < 4.78 is 0. The standard InChI is InChI=1S/C2H3NSi/c3-2-1-4-2/h3H,1H2. The fraction of sp³-hybridized carbons (Fsp3) is 0.500. The van der Waals surface area contributed by atoms with Crippen LogP contribution in [-0.2, 0) is 0 Å². The molecule has 1 N–H and O–H groups in total. The number of rotatable bonds is 0. The Morgan fingerprint density at radius 1 is 2.00 bits per heavy atom. The Balaban J connectivity index is 2.60. The Bertz CT molecular complexity index is 44.0. The second kappa shape index (κ2) is 0.430. The van der Waals surface area contributed by atoms with E-state index in [0.29, 0.717) is 0 Å². The molecule has 1 saturated heterocycles. The van der Waals surface area contributed by atoms with Crippen LogP contribution in [0, 0.1) is 5.41 Å². The lowest BCUT2D eigenvalue weighted by molar-refractivity contribution is 1.56. The Hall–Kier alpha value is -0.113. The van der Waals surface area contributed by atoms with Crippen LogP contribution in [0.1, 0.15) is 0 Å². The summed E-state index contributed by atoms with van der Waals surface area (Å²) in [6.45, 7) is 0. The molecule has 2 heteroatoms. The summed E-state index contributed by atoms with van der Waals surface area (Å²) in [5.74, 6) is 0. The van der Waals surface area contributed by atoms with Crippen molar-refractivity contribution in [2.24, 2.45) is 0 Å². The zero-order valence-electron chi connectivity index (χ0n) is 2.21. The average molecular weight is 69.1 g/mol. The number of nitrogens with one attached hydrogen (secondary N) is 1. The number of hydrogen-bond acceptors (Lipinski definition) is 1. The molecule has 20 valence electrons. The molecular formula is C2H3NSi. The maximum atomic E-state index is 6.62. The van der Waals surface area contributed by atoms with Gasteiger partial charge in [0.1, 0.15) is 9.52 Å². The fourth-order valence-electron chi connectivity index (χ4n) is 0.0442. The zero-order chi connectivity index (χ0) is 2.99. The molecule has 0 atom stereocenters. The molecule has 0 unspecified atom stereocenters. The second-order valence-electron chi connectivity index (χ2n) is 0.832. The molecule has 0 spiro atoms. The fourth-order valence-corrected chi connectivity index (χ4v) is 0.133. The van der Waals surface area contributed by atoms with Crippen LogP contribution in [0.3, 0.4) is 0 Å². The van der Waals surface area contributed by atoms with E-state index < -0.39 is 0 Å². The molecule has 0 aromatic carbocycles. The van der Waals surface area contributed by atoms with E-state index in [4.69, 9.17) is 5.41 Å². The summed E-state index contributed by atoms with van der Waals surface area (Å²) >= 11 is 0. The first kappa shape index (κ1) is 2.14. The Labute approximate surface area is 27.4 Å². The first-order chi connectivity index (χ1) is 1.89. The predicted octanol–water partition coefficient (Wildman–Crippen LogP) is 0.0998. The van der Waals surface area contributed by atoms with Gasteiger partial charge >= 0.3 is 0 Å². The van der Waals surface area contributed by atoms with Crippen molar-refractivity contribution in [2.45, 2.75) is 6.04 Å². The van der Waals surface area contributed by atoms with Gasteiger partial charge in [0.25, 0.3) is 0 Å². The van der Waals surface area contributed by atoms with Gasteiger partial charge in [-0.05, 0) is 11.4 Å². The van der Waals surface area contributed by atoms with Crippen LogP contribution in [0.5, 0.6) is 0 Å². The Morgan fingerprint density at radius 3 is 2.25 bits per heavy atom. The maximum Gasteiger partial charge on any atom is 0.106 e. The van der Waals surface area contributed by atoms with Crippen molar-refractivity contribution in [1.82, 2.24) is 0 Å². The molecule has 1 aliphatic rings. The lowest BCUT2D eigenvalue weighted by Crippen LogP contribution is -1.50. The summed E-state index contributed by atoms with van der Waals surface area (Å²) in [6.07, 6.45) is 0. The molecule has 0 saturated carbocycles. The third-order valence-electron chi connectivity index (χ3n) is 0.354. The van der Waals surface area contributed by atoms with E-state index >= 15 is 0 Å². The molecule has 1 heterocycles. The molecule has 2 radical (unpaired) electrons. The molecule has 0 amide bonds. The summed E-state index contributed by atoms with van der Waals surface area (Å²) in [4.78, 5) is 0. The quantitative estimate of drug-likeness (QED) is 0.390. The molecule has 1 aliphatic heterocycles. The van der Waals surface area contributed by atoms with Crippen molar-refractivity contribution in [1.29, 1.82) is 5.41 Å². The van der Waals surface area contributed by atoms with Crippen molar-refractivity contribution < 1.29 is 0 Å². The van der Waals surface area contributed by atoms with Gasteiger partial charge in [-0.25, -0.2) is 0 Å². The highest BCUT2D eigenvalue weighted by molar-refractivity contribution is 6.94. The molecule has 0 bridgehead atoms. The first-order valence-corrected chi connectivity index (χ1v) is 2.41. The molecule has 4 heavy (non-hydrogen) atoms. The lowest BCUT2D eigenvalue weighted by Gasteiger charge is -1.34. The van der Waals surface area contributed by atoms with Gasteiger partial charge < -0.3 is 5.41 Å². The highest BCUT2D eigenvalue weighted by Gasteiger charge is 2.10. The van der Waals surface area contributed by atoms with Crippen molar-refractivity contribution in [3.05, 3.63) is 0 Å². The van der Waals surface area contributed by atoms with Crippen LogP contribution in [0.4, 0.5) is 0 Å². The minimum atomic E-state index is 0.890. The molecule has 1 nitrogen and oxygen atoms in total. The van der Waals surface area contributed by atoms with Gasteiger partial charge in [0.15, 0.2) is 0 Å². The van der Waals surface area contributed by atoms with Crippen LogP contribution < -0.4 is 0 Å². The van der Waals surface area contributed by atoms with Crippen molar-refractivity contribution in [3.63, 3.8) is 0 Å². The average Bonchev–Trinajstić information content (AvgIpc) is 1.75. The maximum absolute atomic E-state index is 6.62. The van der Waals surface area contributed by atoms with E-state index in [-0.39, 0.29) is 0 Å². The van der Waals surface area contributed by atoms with E-state index in [1.165, 1.54) is 0 Å². The van der Waals surface area contributed by atoms with Gasteiger partial charge in [-0.1, -0.05) is 0 Å². The lowest BCUT2D eigenvalue weighted by atomic mass is 10.9. The highest BCUT2D eigenvalue weighted by atomic mass is 28.2. The summed E-state index contributed by atoms with van der Waals surface area (Å²) in [6, 6.07) is 1.10. The molecule has 1 fully saturated rings. The monoisotopic (exact) mass is 69.0 g/mol. The van der Waals surface area contributed by atoms with Crippen molar-refractivity contribution in [2.75, 3.05) is 0 Å². The second-order valence-corrected chi connectivity index (χ2v) is 2.14.